The van der Waals surface area contributed by atoms with Gasteiger partial charge in [0.1, 0.15) is 0 Å². The Morgan fingerprint density at radius 1 is 1.28 bits per heavy atom. The number of unbranched alkanes of at least 4 members (excludes halogenated alkanes) is 3. The Balaban J connectivity index is 2.12. The van der Waals surface area contributed by atoms with Crippen molar-refractivity contribution in [1.82, 2.24) is 4.90 Å². The van der Waals surface area contributed by atoms with Gasteiger partial charge in [-0.25, -0.2) is 0 Å². The van der Waals surface area contributed by atoms with Gasteiger partial charge in [0.15, 0.2) is 0 Å². The van der Waals surface area contributed by atoms with Gasteiger partial charge in [-0.15, -0.1) is 0 Å². The van der Waals surface area contributed by atoms with Gasteiger partial charge in [-0.05, 0) is 45.1 Å². The zero-order chi connectivity index (χ0) is 13.4. The second-order valence-electron chi connectivity index (χ2n) is 5.41. The number of aliphatic hydroxyl groups excluding tert-OH is 1. The summed E-state index contributed by atoms with van der Waals surface area (Å²) < 4.78 is 0. The minimum atomic E-state index is -0.237. The van der Waals surface area contributed by atoms with Gasteiger partial charge in [-0.1, -0.05) is 12.8 Å². The van der Waals surface area contributed by atoms with Gasteiger partial charge in [0.2, 0.25) is 5.91 Å². The third kappa shape index (κ3) is 5.36. The Hall–Kier alpha value is -0.610. The predicted molar refractivity (Wildman–Crippen MR) is 73.1 cm³/mol. The molecule has 0 aromatic rings. The summed E-state index contributed by atoms with van der Waals surface area (Å²) in [5.41, 5.74) is 5.43. The first-order valence-electron chi connectivity index (χ1n) is 7.31. The van der Waals surface area contributed by atoms with Crippen LogP contribution in [0.5, 0.6) is 0 Å². The van der Waals surface area contributed by atoms with Crippen molar-refractivity contribution < 1.29 is 9.90 Å². The van der Waals surface area contributed by atoms with E-state index in [2.05, 4.69) is 0 Å². The van der Waals surface area contributed by atoms with E-state index in [0.29, 0.717) is 12.3 Å². The van der Waals surface area contributed by atoms with E-state index in [1.165, 1.54) is 0 Å². The second kappa shape index (κ2) is 8.48. The highest BCUT2D eigenvalue weighted by Gasteiger charge is 2.24. The lowest BCUT2D eigenvalue weighted by Crippen LogP contribution is -2.40. The standard InChI is InChI=1S/C14H28N2O2/c1-12(17)13-7-10-16(11-8-13)14(18)6-4-2-3-5-9-15/h12-13,17H,2-11,15H2,1H3. The van der Waals surface area contributed by atoms with Crippen molar-refractivity contribution in [3.05, 3.63) is 0 Å². The van der Waals surface area contributed by atoms with Crippen molar-refractivity contribution >= 4 is 5.91 Å². The molecular weight excluding hydrogens is 228 g/mol. The molecule has 1 aliphatic rings. The largest absolute Gasteiger partial charge is 0.393 e. The zero-order valence-corrected chi connectivity index (χ0v) is 11.6. The quantitative estimate of drug-likeness (QED) is 0.679. The molecule has 18 heavy (non-hydrogen) atoms. The predicted octanol–water partition coefficient (Wildman–Crippen LogP) is 1.51. The van der Waals surface area contributed by atoms with Crippen LogP contribution in [0.1, 0.15) is 51.9 Å². The maximum Gasteiger partial charge on any atom is 0.222 e. The summed E-state index contributed by atoms with van der Waals surface area (Å²) in [7, 11) is 0. The minimum Gasteiger partial charge on any atom is -0.393 e. The van der Waals surface area contributed by atoms with Gasteiger partial charge in [0.25, 0.3) is 0 Å². The first-order chi connectivity index (χ1) is 8.65. The highest BCUT2D eigenvalue weighted by atomic mass is 16.3. The van der Waals surface area contributed by atoms with E-state index < -0.39 is 0 Å². The molecule has 1 aliphatic heterocycles. The van der Waals surface area contributed by atoms with E-state index in [9.17, 15) is 9.90 Å². The molecule has 1 heterocycles. The summed E-state index contributed by atoms with van der Waals surface area (Å²) in [4.78, 5) is 13.9. The lowest BCUT2D eigenvalue weighted by atomic mass is 9.92. The van der Waals surface area contributed by atoms with Gasteiger partial charge in [-0.2, -0.15) is 0 Å². The lowest BCUT2D eigenvalue weighted by Gasteiger charge is -2.33. The number of hydrogen-bond acceptors (Lipinski definition) is 3. The number of nitrogens with zero attached hydrogens (tertiary/aromatic N) is 1. The molecule has 0 bridgehead atoms. The Labute approximate surface area is 111 Å². The summed E-state index contributed by atoms with van der Waals surface area (Å²) in [6, 6.07) is 0. The number of hydrogen-bond donors (Lipinski definition) is 2. The molecule has 1 atom stereocenters. The average molecular weight is 256 g/mol. The molecule has 1 rings (SSSR count). The molecule has 4 nitrogen and oxygen atoms in total. The number of likely N-dealkylation sites (tertiary alicyclic amines) is 1. The Kier molecular flexibility index (Phi) is 7.28. The maximum absolute atomic E-state index is 11.9. The Morgan fingerprint density at radius 2 is 1.89 bits per heavy atom. The van der Waals surface area contributed by atoms with Crippen LogP contribution in [0.2, 0.25) is 0 Å². The third-order valence-corrected chi connectivity index (χ3v) is 3.92. The summed E-state index contributed by atoms with van der Waals surface area (Å²) in [6.07, 6.45) is 6.60. The van der Waals surface area contributed by atoms with Crippen molar-refractivity contribution in [1.29, 1.82) is 0 Å². The van der Waals surface area contributed by atoms with Crippen LogP contribution in [0.25, 0.3) is 0 Å². The SMILES string of the molecule is CC(O)C1CCN(C(=O)CCCCCCN)CC1. The molecule has 1 saturated heterocycles. The second-order valence-corrected chi connectivity index (χ2v) is 5.41. The summed E-state index contributed by atoms with van der Waals surface area (Å²) >= 11 is 0. The molecule has 0 radical (unpaired) electrons. The number of amides is 1. The van der Waals surface area contributed by atoms with Crippen molar-refractivity contribution in [3.63, 3.8) is 0 Å². The fraction of sp³-hybridized carbons (Fsp3) is 0.929. The monoisotopic (exact) mass is 256 g/mol. The van der Waals surface area contributed by atoms with Crippen molar-refractivity contribution in [3.8, 4) is 0 Å². The van der Waals surface area contributed by atoms with Crippen LogP contribution in [0.4, 0.5) is 0 Å². The van der Waals surface area contributed by atoms with Gasteiger partial charge in [0, 0.05) is 19.5 Å². The molecule has 0 aromatic carbocycles. The molecule has 0 aromatic heterocycles. The topological polar surface area (TPSA) is 66.6 Å². The molecule has 0 aliphatic carbocycles. The van der Waals surface area contributed by atoms with E-state index in [-0.39, 0.29) is 12.0 Å². The number of rotatable bonds is 7. The van der Waals surface area contributed by atoms with Crippen LogP contribution >= 0.6 is 0 Å². The molecule has 0 saturated carbocycles. The maximum atomic E-state index is 11.9. The Morgan fingerprint density at radius 3 is 2.44 bits per heavy atom. The molecule has 1 fully saturated rings. The molecule has 1 unspecified atom stereocenters. The number of piperidine rings is 1. The highest BCUT2D eigenvalue weighted by molar-refractivity contribution is 5.76. The number of carbonyl (C=O) groups is 1. The van der Waals surface area contributed by atoms with Crippen LogP contribution in [0.15, 0.2) is 0 Å². The van der Waals surface area contributed by atoms with Crippen molar-refractivity contribution in [2.45, 2.75) is 58.0 Å². The van der Waals surface area contributed by atoms with Crippen LogP contribution in [-0.4, -0.2) is 41.7 Å². The first kappa shape index (κ1) is 15.4. The number of carbonyl (C=O) groups excluding carboxylic acids is 1. The molecule has 0 spiro atoms. The zero-order valence-electron chi connectivity index (χ0n) is 11.6. The number of nitrogens with two attached hydrogens (primary N) is 1. The molecule has 106 valence electrons. The van der Waals surface area contributed by atoms with E-state index in [1.807, 2.05) is 11.8 Å². The van der Waals surface area contributed by atoms with Gasteiger partial charge in [-0.3, -0.25) is 4.79 Å². The fourth-order valence-electron chi connectivity index (χ4n) is 2.56. The van der Waals surface area contributed by atoms with E-state index >= 15 is 0 Å². The van der Waals surface area contributed by atoms with Crippen LogP contribution in [-0.2, 0) is 4.79 Å². The molecule has 1 amide bonds. The van der Waals surface area contributed by atoms with Crippen LogP contribution < -0.4 is 5.73 Å². The molecular formula is C14H28N2O2. The molecule has 4 heteroatoms. The number of aliphatic hydroxyl groups is 1. The first-order valence-corrected chi connectivity index (χ1v) is 7.31. The van der Waals surface area contributed by atoms with Crippen molar-refractivity contribution in [2.75, 3.05) is 19.6 Å². The van der Waals surface area contributed by atoms with Gasteiger partial charge >= 0.3 is 0 Å². The van der Waals surface area contributed by atoms with Crippen LogP contribution in [0.3, 0.4) is 0 Å². The summed E-state index contributed by atoms with van der Waals surface area (Å²) in [6.45, 7) is 4.23. The van der Waals surface area contributed by atoms with Crippen LogP contribution in [0, 0.1) is 5.92 Å². The fourth-order valence-corrected chi connectivity index (χ4v) is 2.56. The lowest BCUT2D eigenvalue weighted by molar-refractivity contribution is -0.133. The normalized spacial score (nSPS) is 18.9. The highest BCUT2D eigenvalue weighted by Crippen LogP contribution is 2.21. The van der Waals surface area contributed by atoms with E-state index in [4.69, 9.17) is 5.73 Å². The third-order valence-electron chi connectivity index (χ3n) is 3.92. The summed E-state index contributed by atoms with van der Waals surface area (Å²) in [5.74, 6) is 0.658. The van der Waals surface area contributed by atoms with Gasteiger partial charge < -0.3 is 15.7 Å². The Bertz CT molecular complexity index is 236. The van der Waals surface area contributed by atoms with E-state index in [1.54, 1.807) is 0 Å². The average Bonchev–Trinajstić information content (AvgIpc) is 2.38. The van der Waals surface area contributed by atoms with Gasteiger partial charge in [0.05, 0.1) is 6.10 Å². The summed E-state index contributed by atoms with van der Waals surface area (Å²) in [5, 5.41) is 9.51. The molecule has 3 N–H and O–H groups in total. The van der Waals surface area contributed by atoms with Crippen molar-refractivity contribution in [2.24, 2.45) is 11.7 Å². The van der Waals surface area contributed by atoms with E-state index in [0.717, 1.165) is 58.2 Å². The minimum absolute atomic E-state index is 0.237. The smallest absolute Gasteiger partial charge is 0.222 e.